The Labute approximate surface area is 208 Å². The zero-order chi connectivity index (χ0) is 25.2. The van der Waals surface area contributed by atoms with Crippen LogP contribution in [-0.4, -0.2) is 37.7 Å². The number of hydrogen-bond acceptors (Lipinski definition) is 5. The maximum atomic E-state index is 13.8. The second-order valence-corrected chi connectivity index (χ2v) is 12.1. The Bertz CT molecular complexity index is 1150. The number of rotatable bonds is 7. The Morgan fingerprint density at radius 3 is 2.51 bits per heavy atom. The number of fused-ring (bicyclic) bond motifs is 1. The average Bonchev–Trinajstić information content (AvgIpc) is 2.86. The lowest BCUT2D eigenvalue weighted by atomic mass is 9.95. The maximum absolute atomic E-state index is 13.8. The molecule has 0 saturated carbocycles. The SMILES string of the molecule is CC[C@H]1CCc2cc(C(F)(F)F)ccc2N1S(=O)(=O)c1ccc(OCC2CCSCC2)c(CO)c1. The van der Waals surface area contributed by atoms with Crippen LogP contribution in [0.3, 0.4) is 0 Å². The van der Waals surface area contributed by atoms with Crippen molar-refractivity contribution in [2.75, 3.05) is 22.4 Å². The van der Waals surface area contributed by atoms with Gasteiger partial charge in [0.15, 0.2) is 0 Å². The minimum atomic E-state index is -4.50. The van der Waals surface area contributed by atoms with Crippen molar-refractivity contribution in [2.24, 2.45) is 5.92 Å². The fourth-order valence-corrected chi connectivity index (χ4v) is 7.77. The van der Waals surface area contributed by atoms with Crippen LogP contribution in [0.2, 0.25) is 0 Å². The van der Waals surface area contributed by atoms with Gasteiger partial charge in [0.1, 0.15) is 5.75 Å². The van der Waals surface area contributed by atoms with Gasteiger partial charge in [-0.15, -0.1) is 0 Å². The molecule has 2 aromatic carbocycles. The molecule has 4 rings (SSSR count). The number of alkyl halides is 3. The second-order valence-electron chi connectivity index (χ2n) is 9.04. The number of aliphatic hydroxyl groups is 1. The van der Waals surface area contributed by atoms with Gasteiger partial charge >= 0.3 is 6.18 Å². The summed E-state index contributed by atoms with van der Waals surface area (Å²) in [6.45, 7) is 1.99. The number of aliphatic hydroxyl groups excluding tert-OH is 1. The molecule has 2 aliphatic rings. The fraction of sp³-hybridized carbons (Fsp3) is 0.520. The summed E-state index contributed by atoms with van der Waals surface area (Å²) in [7, 11) is -4.09. The Kier molecular flexibility index (Phi) is 7.92. The number of aryl methyl sites for hydroxylation is 1. The zero-order valence-electron chi connectivity index (χ0n) is 19.6. The topological polar surface area (TPSA) is 66.8 Å². The van der Waals surface area contributed by atoms with Gasteiger partial charge in [-0.05, 0) is 91.5 Å². The number of hydrogen-bond donors (Lipinski definition) is 1. The van der Waals surface area contributed by atoms with Crippen molar-refractivity contribution in [1.29, 1.82) is 0 Å². The van der Waals surface area contributed by atoms with Gasteiger partial charge in [-0.2, -0.15) is 24.9 Å². The van der Waals surface area contributed by atoms with Crippen LogP contribution >= 0.6 is 11.8 Å². The molecule has 1 N–H and O–H groups in total. The standard InChI is InChI=1S/C25H30F3NO4S2/c1-2-21-5-3-18-13-20(25(26,27)28)4-7-23(18)29(21)35(31,32)22-6-8-24(19(14-22)15-30)33-16-17-9-11-34-12-10-17/h4,6-8,13-14,17,21,30H,2-3,5,9-12,15-16H2,1H3/t21-/m0/s1. The Morgan fingerprint density at radius 1 is 1.11 bits per heavy atom. The first-order valence-corrected chi connectivity index (χ1v) is 14.4. The van der Waals surface area contributed by atoms with Crippen LogP contribution in [0.5, 0.6) is 5.75 Å². The van der Waals surface area contributed by atoms with Crippen LogP contribution in [0.4, 0.5) is 18.9 Å². The Hall–Kier alpha value is -1.91. The number of sulfonamides is 1. The van der Waals surface area contributed by atoms with Gasteiger partial charge in [0.2, 0.25) is 0 Å². The molecule has 0 radical (unpaired) electrons. The van der Waals surface area contributed by atoms with Crippen molar-refractivity contribution in [1.82, 2.24) is 0 Å². The lowest BCUT2D eigenvalue weighted by molar-refractivity contribution is -0.137. The molecule has 0 aromatic heterocycles. The average molecular weight is 530 g/mol. The molecule has 0 spiro atoms. The highest BCUT2D eigenvalue weighted by atomic mass is 32.2. The van der Waals surface area contributed by atoms with Gasteiger partial charge in [0, 0.05) is 11.6 Å². The monoisotopic (exact) mass is 529 g/mol. The number of thioether (sulfide) groups is 1. The normalized spacial score (nSPS) is 19.5. The van der Waals surface area contributed by atoms with Gasteiger partial charge in [0.25, 0.3) is 10.0 Å². The van der Waals surface area contributed by atoms with Crippen molar-refractivity contribution >= 4 is 27.5 Å². The van der Waals surface area contributed by atoms with Crippen LogP contribution in [-0.2, 0) is 29.2 Å². The van der Waals surface area contributed by atoms with E-state index in [1.54, 1.807) is 6.07 Å². The molecule has 1 saturated heterocycles. The molecule has 0 bridgehead atoms. The molecule has 0 amide bonds. The molecule has 0 unspecified atom stereocenters. The van der Waals surface area contributed by atoms with Gasteiger partial charge in [0.05, 0.1) is 29.4 Å². The van der Waals surface area contributed by atoms with E-state index in [-0.39, 0.29) is 23.2 Å². The summed E-state index contributed by atoms with van der Waals surface area (Å²) in [5, 5.41) is 9.92. The van der Waals surface area contributed by atoms with E-state index < -0.39 is 21.8 Å². The summed E-state index contributed by atoms with van der Waals surface area (Å²) >= 11 is 1.92. The summed E-state index contributed by atoms with van der Waals surface area (Å²) < 4.78 is 74.4. The highest BCUT2D eigenvalue weighted by Crippen LogP contribution is 2.40. The van der Waals surface area contributed by atoms with Crippen LogP contribution < -0.4 is 9.04 Å². The number of anilines is 1. The maximum Gasteiger partial charge on any atom is 0.416 e. The number of ether oxygens (including phenoxy) is 1. The number of halogens is 3. The van der Waals surface area contributed by atoms with Crippen LogP contribution in [0.15, 0.2) is 41.3 Å². The highest BCUT2D eigenvalue weighted by molar-refractivity contribution is 7.99. The second kappa shape index (κ2) is 10.6. The lowest BCUT2D eigenvalue weighted by Crippen LogP contribution is -2.43. The van der Waals surface area contributed by atoms with E-state index >= 15 is 0 Å². The van der Waals surface area contributed by atoms with Crippen LogP contribution in [0.25, 0.3) is 0 Å². The first kappa shape index (κ1) is 26.2. The molecule has 1 atom stereocenters. The third-order valence-electron chi connectivity index (χ3n) is 6.77. The smallest absolute Gasteiger partial charge is 0.416 e. The molecule has 0 aliphatic carbocycles. The summed E-state index contributed by atoms with van der Waals surface area (Å²) in [6, 6.07) is 7.28. The molecular weight excluding hydrogens is 499 g/mol. The first-order chi connectivity index (χ1) is 16.6. The van der Waals surface area contributed by atoms with E-state index in [0.29, 0.717) is 48.7 Å². The van der Waals surface area contributed by atoms with Crippen LogP contribution in [0.1, 0.15) is 49.3 Å². The van der Waals surface area contributed by atoms with Crippen molar-refractivity contribution in [3.05, 3.63) is 53.1 Å². The van der Waals surface area contributed by atoms with E-state index in [0.717, 1.165) is 36.5 Å². The number of nitrogens with zero attached hydrogens (tertiary/aromatic N) is 1. The Balaban J connectivity index is 1.65. The van der Waals surface area contributed by atoms with E-state index in [1.807, 2.05) is 18.7 Å². The Morgan fingerprint density at radius 2 is 1.86 bits per heavy atom. The van der Waals surface area contributed by atoms with Crippen molar-refractivity contribution < 1.29 is 31.4 Å². The first-order valence-electron chi connectivity index (χ1n) is 11.8. The van der Waals surface area contributed by atoms with Crippen molar-refractivity contribution in [3.63, 3.8) is 0 Å². The molecule has 192 valence electrons. The molecular formula is C25H30F3NO4S2. The molecule has 2 aliphatic heterocycles. The van der Waals surface area contributed by atoms with Gasteiger partial charge in [-0.1, -0.05) is 6.92 Å². The molecule has 2 aromatic rings. The largest absolute Gasteiger partial charge is 0.493 e. The zero-order valence-corrected chi connectivity index (χ0v) is 21.2. The van der Waals surface area contributed by atoms with Crippen molar-refractivity contribution in [3.8, 4) is 5.75 Å². The molecule has 1 fully saturated rings. The quantitative estimate of drug-likeness (QED) is 0.503. The highest BCUT2D eigenvalue weighted by Gasteiger charge is 2.38. The van der Waals surface area contributed by atoms with Crippen molar-refractivity contribution in [2.45, 2.75) is 62.7 Å². The van der Waals surface area contributed by atoms with Crippen LogP contribution in [0, 0.1) is 5.92 Å². The van der Waals surface area contributed by atoms with Gasteiger partial charge < -0.3 is 9.84 Å². The molecule has 5 nitrogen and oxygen atoms in total. The van der Waals surface area contributed by atoms with E-state index in [4.69, 9.17) is 4.74 Å². The third kappa shape index (κ3) is 5.59. The third-order valence-corrected chi connectivity index (χ3v) is 9.68. The molecule has 2 heterocycles. The van der Waals surface area contributed by atoms with Gasteiger partial charge in [-0.25, -0.2) is 8.42 Å². The fourth-order valence-electron chi connectivity index (χ4n) is 4.72. The summed E-state index contributed by atoms with van der Waals surface area (Å²) in [5.41, 5.74) is 0.219. The van der Waals surface area contributed by atoms with E-state index in [9.17, 15) is 26.7 Å². The lowest BCUT2D eigenvalue weighted by Gasteiger charge is -2.38. The predicted molar refractivity (Wildman–Crippen MR) is 131 cm³/mol. The molecule has 10 heteroatoms. The number of benzene rings is 2. The minimum absolute atomic E-state index is 0.0193. The summed E-state index contributed by atoms with van der Waals surface area (Å²) in [6.07, 6.45) is -1.05. The summed E-state index contributed by atoms with van der Waals surface area (Å²) in [5.74, 6) is 3.07. The van der Waals surface area contributed by atoms with Gasteiger partial charge in [-0.3, -0.25) is 4.31 Å². The van der Waals surface area contributed by atoms with E-state index in [2.05, 4.69) is 0 Å². The van der Waals surface area contributed by atoms with E-state index in [1.165, 1.54) is 22.5 Å². The summed E-state index contributed by atoms with van der Waals surface area (Å²) in [4.78, 5) is -0.0193. The molecule has 35 heavy (non-hydrogen) atoms. The predicted octanol–water partition coefficient (Wildman–Crippen LogP) is 5.64. The minimum Gasteiger partial charge on any atom is -0.493 e.